The molecule has 20 heavy (non-hydrogen) atoms. The lowest BCUT2D eigenvalue weighted by molar-refractivity contribution is -0.141. The van der Waals surface area contributed by atoms with Crippen molar-refractivity contribution in [3.8, 4) is 0 Å². The summed E-state index contributed by atoms with van der Waals surface area (Å²) in [5.74, 6) is 0. The van der Waals surface area contributed by atoms with Gasteiger partial charge in [-0.3, -0.25) is 0 Å². The molecule has 3 aromatic rings. The lowest BCUT2D eigenvalue weighted by Gasteiger charge is -2.05. The lowest BCUT2D eigenvalue weighted by Crippen LogP contribution is -2.08. The highest BCUT2D eigenvalue weighted by atomic mass is 32.2. The van der Waals surface area contributed by atoms with Gasteiger partial charge in [0.2, 0.25) is 0 Å². The molecule has 0 N–H and O–H groups in total. The van der Waals surface area contributed by atoms with E-state index in [4.69, 9.17) is 0 Å². The molecule has 0 aliphatic rings. The highest BCUT2D eigenvalue weighted by Crippen LogP contribution is 2.34. The molecule has 0 spiro atoms. The quantitative estimate of drug-likeness (QED) is 0.663. The number of aromatic nitrogens is 3. The second kappa shape index (κ2) is 5.02. The molecule has 3 rings (SSSR count). The molecule has 0 atom stereocenters. The Labute approximate surface area is 119 Å². The van der Waals surface area contributed by atoms with Gasteiger partial charge in [-0.2, -0.15) is 13.2 Å². The Balaban J connectivity index is 1.91. The summed E-state index contributed by atoms with van der Waals surface area (Å²) in [6, 6.07) is 8.35. The molecule has 0 radical (unpaired) electrons. The number of nitrogens with zero attached hydrogens (tertiary/aromatic N) is 3. The molecule has 0 saturated heterocycles. The lowest BCUT2D eigenvalue weighted by atomic mass is 10.3. The summed E-state index contributed by atoms with van der Waals surface area (Å²) in [6.45, 7) is 0. The first-order valence-corrected chi connectivity index (χ1v) is 7.09. The molecule has 3 nitrogen and oxygen atoms in total. The molecule has 1 aromatic carbocycles. The van der Waals surface area contributed by atoms with Gasteiger partial charge in [-0.05, 0) is 30.0 Å². The third-order valence-corrected chi connectivity index (χ3v) is 4.35. The Bertz CT molecular complexity index is 722. The van der Waals surface area contributed by atoms with E-state index in [-0.39, 0.29) is 5.16 Å². The van der Waals surface area contributed by atoms with E-state index in [1.807, 2.05) is 24.3 Å². The van der Waals surface area contributed by atoms with Crippen LogP contribution in [-0.2, 0) is 6.18 Å². The van der Waals surface area contributed by atoms with Crippen molar-refractivity contribution >= 4 is 33.3 Å². The van der Waals surface area contributed by atoms with Crippen LogP contribution in [0.15, 0.2) is 46.0 Å². The Hall–Kier alpha value is -1.67. The van der Waals surface area contributed by atoms with Crippen LogP contribution in [0.5, 0.6) is 0 Å². The van der Waals surface area contributed by atoms with E-state index in [2.05, 4.69) is 15.0 Å². The smallest absolute Gasteiger partial charge is 0.231 e. The standard InChI is InChI=1S/C12H6F3N3S2/c13-12(14,15)9-5-6-16-10(18-9)20-11-17-7-3-1-2-4-8(7)19-11/h1-6H. The minimum absolute atomic E-state index is 0.0406. The van der Waals surface area contributed by atoms with E-state index in [9.17, 15) is 13.2 Å². The van der Waals surface area contributed by atoms with Gasteiger partial charge >= 0.3 is 6.18 Å². The average molecular weight is 313 g/mol. The highest BCUT2D eigenvalue weighted by Gasteiger charge is 2.32. The molecule has 102 valence electrons. The van der Waals surface area contributed by atoms with Gasteiger partial charge in [-0.1, -0.05) is 12.1 Å². The van der Waals surface area contributed by atoms with Gasteiger partial charge in [0.15, 0.2) is 9.50 Å². The Morgan fingerprint density at radius 2 is 1.85 bits per heavy atom. The summed E-state index contributed by atoms with van der Waals surface area (Å²) in [6.07, 6.45) is -3.36. The SMILES string of the molecule is FC(F)(F)c1ccnc(Sc2nc3ccccc3s2)n1. The maximum atomic E-state index is 12.6. The maximum absolute atomic E-state index is 12.6. The van der Waals surface area contributed by atoms with Crippen LogP contribution in [0.1, 0.15) is 5.69 Å². The molecule has 0 fully saturated rings. The van der Waals surface area contributed by atoms with Crippen LogP contribution in [0.4, 0.5) is 13.2 Å². The second-order valence-corrected chi connectivity index (χ2v) is 6.02. The molecule has 2 aromatic heterocycles. The van der Waals surface area contributed by atoms with Crippen molar-refractivity contribution in [1.29, 1.82) is 0 Å². The van der Waals surface area contributed by atoms with Gasteiger partial charge < -0.3 is 0 Å². The first kappa shape index (κ1) is 13.3. The molecule has 0 unspecified atom stereocenters. The van der Waals surface area contributed by atoms with E-state index in [1.165, 1.54) is 11.3 Å². The number of hydrogen-bond acceptors (Lipinski definition) is 5. The number of thiazole rings is 1. The number of rotatable bonds is 2. The van der Waals surface area contributed by atoms with Gasteiger partial charge in [0.05, 0.1) is 10.2 Å². The van der Waals surface area contributed by atoms with E-state index in [1.54, 1.807) is 0 Å². The fourth-order valence-electron chi connectivity index (χ4n) is 1.52. The predicted molar refractivity (Wildman–Crippen MR) is 70.8 cm³/mol. The van der Waals surface area contributed by atoms with Crippen molar-refractivity contribution in [1.82, 2.24) is 15.0 Å². The zero-order valence-electron chi connectivity index (χ0n) is 9.76. The molecule has 2 heterocycles. The van der Waals surface area contributed by atoms with Gasteiger partial charge in [-0.25, -0.2) is 15.0 Å². The number of halogens is 3. The fourth-order valence-corrected chi connectivity index (χ4v) is 3.44. The summed E-state index contributed by atoms with van der Waals surface area (Å²) >= 11 is 2.42. The zero-order valence-corrected chi connectivity index (χ0v) is 11.4. The van der Waals surface area contributed by atoms with Crippen molar-refractivity contribution in [3.05, 3.63) is 42.2 Å². The third kappa shape index (κ3) is 2.75. The van der Waals surface area contributed by atoms with Crippen LogP contribution < -0.4 is 0 Å². The fraction of sp³-hybridized carbons (Fsp3) is 0.0833. The van der Waals surface area contributed by atoms with Crippen LogP contribution in [0.3, 0.4) is 0 Å². The first-order valence-electron chi connectivity index (χ1n) is 5.46. The van der Waals surface area contributed by atoms with Gasteiger partial charge in [0, 0.05) is 6.20 Å². The Morgan fingerprint density at radius 1 is 1.05 bits per heavy atom. The van der Waals surface area contributed by atoms with E-state index >= 15 is 0 Å². The molecule has 0 saturated carbocycles. The number of hydrogen-bond donors (Lipinski definition) is 0. The van der Waals surface area contributed by atoms with Crippen LogP contribution in [0.2, 0.25) is 0 Å². The molecular weight excluding hydrogens is 307 g/mol. The Morgan fingerprint density at radius 3 is 2.60 bits per heavy atom. The Kier molecular flexibility index (Phi) is 3.35. The van der Waals surface area contributed by atoms with Gasteiger partial charge in [0.1, 0.15) is 5.69 Å². The number of alkyl halides is 3. The van der Waals surface area contributed by atoms with Gasteiger partial charge in [-0.15, -0.1) is 11.3 Å². The zero-order chi connectivity index (χ0) is 14.2. The maximum Gasteiger partial charge on any atom is 0.433 e. The van der Waals surface area contributed by atoms with Crippen molar-refractivity contribution in [3.63, 3.8) is 0 Å². The minimum Gasteiger partial charge on any atom is -0.231 e. The van der Waals surface area contributed by atoms with Crippen LogP contribution >= 0.6 is 23.1 Å². The summed E-state index contributed by atoms with van der Waals surface area (Å²) in [5, 5.41) is 0.0406. The normalized spacial score (nSPS) is 11.9. The van der Waals surface area contributed by atoms with Crippen LogP contribution in [0, 0.1) is 0 Å². The average Bonchev–Trinajstić information content (AvgIpc) is 2.80. The summed E-state index contributed by atoms with van der Waals surface area (Å²) in [7, 11) is 0. The predicted octanol–water partition coefficient (Wildman–Crippen LogP) is 4.26. The third-order valence-electron chi connectivity index (χ3n) is 2.38. The van der Waals surface area contributed by atoms with Crippen LogP contribution in [-0.4, -0.2) is 15.0 Å². The summed E-state index contributed by atoms with van der Waals surface area (Å²) in [5.41, 5.74) is -0.136. The first-order chi connectivity index (χ1) is 9.52. The summed E-state index contributed by atoms with van der Waals surface area (Å²) < 4.78 is 39.3. The van der Waals surface area contributed by atoms with Crippen molar-refractivity contribution in [2.45, 2.75) is 15.7 Å². The molecule has 0 aliphatic carbocycles. The van der Waals surface area contributed by atoms with E-state index in [0.29, 0.717) is 4.34 Å². The molecule has 8 heteroatoms. The number of fused-ring (bicyclic) bond motifs is 1. The number of benzene rings is 1. The summed E-state index contributed by atoms with van der Waals surface area (Å²) in [4.78, 5) is 11.7. The molecule has 0 aliphatic heterocycles. The highest BCUT2D eigenvalue weighted by molar-refractivity contribution is 8.01. The number of para-hydroxylation sites is 1. The largest absolute Gasteiger partial charge is 0.433 e. The monoisotopic (exact) mass is 313 g/mol. The molecular formula is C12H6F3N3S2. The molecule has 0 bridgehead atoms. The van der Waals surface area contributed by atoms with Gasteiger partial charge in [0.25, 0.3) is 0 Å². The van der Waals surface area contributed by atoms with E-state index < -0.39 is 11.9 Å². The minimum atomic E-state index is -4.47. The second-order valence-electron chi connectivity index (χ2n) is 3.77. The van der Waals surface area contributed by atoms with Crippen molar-refractivity contribution in [2.24, 2.45) is 0 Å². The van der Waals surface area contributed by atoms with E-state index in [0.717, 1.165) is 34.2 Å². The van der Waals surface area contributed by atoms with Crippen LogP contribution in [0.25, 0.3) is 10.2 Å². The topological polar surface area (TPSA) is 38.7 Å². The van der Waals surface area contributed by atoms with Crippen molar-refractivity contribution < 1.29 is 13.2 Å². The molecule has 0 amide bonds. The van der Waals surface area contributed by atoms with Crippen molar-refractivity contribution in [2.75, 3.05) is 0 Å².